The number of nitrogens with one attached hydrogen (secondary N) is 1. The molecule has 0 aromatic carbocycles. The van der Waals surface area contributed by atoms with Crippen LogP contribution in [0.1, 0.15) is 37.8 Å². The molecule has 94 valence electrons. The molecule has 1 aliphatic carbocycles. The molecule has 4 nitrogen and oxygen atoms in total. The third-order valence-corrected chi connectivity index (χ3v) is 3.84. The number of anilines is 1. The van der Waals surface area contributed by atoms with E-state index in [9.17, 15) is 0 Å². The van der Waals surface area contributed by atoms with E-state index in [4.69, 9.17) is 23.2 Å². The zero-order chi connectivity index (χ0) is 12.4. The molecule has 1 saturated carbocycles. The van der Waals surface area contributed by atoms with Crippen molar-refractivity contribution in [3.05, 3.63) is 22.8 Å². The molecular weight excluding hydrogens is 236 g/mol. The Morgan fingerprint density at radius 1 is 1.53 bits per heavy atom. The van der Waals surface area contributed by atoms with Crippen molar-refractivity contribution in [3.8, 4) is 0 Å². The molecule has 2 rings (SSSR count). The lowest BCUT2D eigenvalue weighted by Gasteiger charge is -2.24. The number of rotatable bonds is 3. The van der Waals surface area contributed by atoms with Gasteiger partial charge in [0, 0.05) is 11.8 Å². The summed E-state index contributed by atoms with van der Waals surface area (Å²) in [5.41, 5.74) is 9.69. The van der Waals surface area contributed by atoms with Gasteiger partial charge in [0.25, 0.3) is 0 Å². The topological polar surface area (TPSA) is 77.0 Å². The Bertz CT molecular complexity index is 396. The van der Waals surface area contributed by atoms with Crippen molar-refractivity contribution in [2.75, 3.05) is 5.73 Å². The second-order valence-corrected chi connectivity index (χ2v) is 5.39. The van der Waals surface area contributed by atoms with Crippen LogP contribution < -0.4 is 17.0 Å². The molecule has 0 aliphatic heterocycles. The largest absolute Gasteiger partial charge is 0.383 e. The van der Waals surface area contributed by atoms with Crippen LogP contribution in [0.5, 0.6) is 0 Å². The van der Waals surface area contributed by atoms with Crippen LogP contribution >= 0.6 is 11.6 Å². The smallest absolute Gasteiger partial charge is 0.128 e. The third kappa shape index (κ3) is 2.70. The van der Waals surface area contributed by atoms with Crippen molar-refractivity contribution >= 4 is 17.4 Å². The molecule has 0 spiro atoms. The van der Waals surface area contributed by atoms with Crippen molar-refractivity contribution in [2.24, 2.45) is 17.7 Å². The molecule has 17 heavy (non-hydrogen) atoms. The summed E-state index contributed by atoms with van der Waals surface area (Å²) >= 11 is 5.97. The molecule has 1 aromatic heterocycles. The lowest BCUT2D eigenvalue weighted by atomic mass is 9.92. The molecule has 1 fully saturated rings. The quantitative estimate of drug-likeness (QED) is 0.571. The van der Waals surface area contributed by atoms with E-state index in [-0.39, 0.29) is 6.04 Å². The maximum atomic E-state index is 5.97. The van der Waals surface area contributed by atoms with Crippen molar-refractivity contribution in [3.63, 3.8) is 0 Å². The van der Waals surface area contributed by atoms with Gasteiger partial charge in [-0.3, -0.25) is 11.3 Å². The van der Waals surface area contributed by atoms with Crippen LogP contribution in [0.2, 0.25) is 5.02 Å². The Morgan fingerprint density at radius 2 is 2.29 bits per heavy atom. The molecule has 1 aliphatic rings. The molecule has 1 aromatic rings. The molecule has 5 N–H and O–H groups in total. The fourth-order valence-corrected chi connectivity index (χ4v) is 2.91. The highest BCUT2D eigenvalue weighted by atomic mass is 35.5. The zero-order valence-electron chi connectivity index (χ0n) is 9.99. The molecule has 0 radical (unpaired) electrons. The highest BCUT2D eigenvalue weighted by molar-refractivity contribution is 6.30. The maximum absolute atomic E-state index is 5.97. The number of aromatic nitrogens is 1. The summed E-state index contributed by atoms with van der Waals surface area (Å²) in [6, 6.07) is 1.91. The van der Waals surface area contributed by atoms with E-state index in [1.165, 1.54) is 19.3 Å². The Balaban J connectivity index is 2.25. The fraction of sp³-hybridized carbons (Fsp3) is 0.583. The van der Waals surface area contributed by atoms with Gasteiger partial charge in [-0.1, -0.05) is 24.9 Å². The first kappa shape index (κ1) is 12.6. The standard InChI is InChI=1S/C12H19ClN4/c1-7-2-3-8(4-7)11(17-15)10-5-9(13)6-16-12(10)14/h5-8,11,17H,2-4,15H2,1H3,(H2,14,16). The zero-order valence-corrected chi connectivity index (χ0v) is 10.7. The number of nitrogen functional groups attached to an aromatic ring is 1. The minimum atomic E-state index is 0.0474. The van der Waals surface area contributed by atoms with Gasteiger partial charge in [0.1, 0.15) is 5.82 Å². The van der Waals surface area contributed by atoms with Crippen molar-refractivity contribution < 1.29 is 0 Å². The van der Waals surface area contributed by atoms with E-state index >= 15 is 0 Å². The lowest BCUT2D eigenvalue weighted by molar-refractivity contribution is 0.364. The Kier molecular flexibility index (Phi) is 3.86. The Labute approximate surface area is 107 Å². The summed E-state index contributed by atoms with van der Waals surface area (Å²) in [4.78, 5) is 4.09. The van der Waals surface area contributed by atoms with Gasteiger partial charge in [-0.15, -0.1) is 0 Å². The lowest BCUT2D eigenvalue weighted by Crippen LogP contribution is -2.33. The normalized spacial score (nSPS) is 26.1. The molecule has 5 heteroatoms. The van der Waals surface area contributed by atoms with Gasteiger partial charge in [-0.25, -0.2) is 4.98 Å². The van der Waals surface area contributed by atoms with Crippen LogP contribution in [0.3, 0.4) is 0 Å². The number of hydrazine groups is 1. The number of nitrogens with two attached hydrogens (primary N) is 2. The summed E-state index contributed by atoms with van der Waals surface area (Å²) in [7, 11) is 0. The Morgan fingerprint density at radius 3 is 2.88 bits per heavy atom. The number of hydrogen-bond acceptors (Lipinski definition) is 4. The first-order chi connectivity index (χ1) is 8.11. The molecule has 0 saturated heterocycles. The second kappa shape index (κ2) is 5.21. The summed E-state index contributed by atoms with van der Waals surface area (Å²) in [6.07, 6.45) is 5.14. The van der Waals surface area contributed by atoms with Crippen LogP contribution in [0.4, 0.5) is 5.82 Å². The molecule has 0 bridgehead atoms. The van der Waals surface area contributed by atoms with Gasteiger partial charge in [0.05, 0.1) is 11.1 Å². The number of pyridine rings is 1. The summed E-state index contributed by atoms with van der Waals surface area (Å²) in [5.74, 6) is 7.45. The molecular formula is C12H19ClN4. The molecule has 3 atom stereocenters. The summed E-state index contributed by atoms with van der Waals surface area (Å²) in [6.45, 7) is 2.27. The second-order valence-electron chi connectivity index (χ2n) is 4.95. The van der Waals surface area contributed by atoms with Gasteiger partial charge >= 0.3 is 0 Å². The third-order valence-electron chi connectivity index (χ3n) is 3.64. The minimum Gasteiger partial charge on any atom is -0.383 e. The number of halogens is 1. The first-order valence-corrected chi connectivity index (χ1v) is 6.36. The number of hydrogen-bond donors (Lipinski definition) is 3. The van der Waals surface area contributed by atoms with Crippen molar-refractivity contribution in [1.82, 2.24) is 10.4 Å². The van der Waals surface area contributed by atoms with Gasteiger partial charge in [0.15, 0.2) is 0 Å². The van der Waals surface area contributed by atoms with Crippen molar-refractivity contribution in [1.29, 1.82) is 0 Å². The average Bonchev–Trinajstić information content (AvgIpc) is 2.71. The van der Waals surface area contributed by atoms with Gasteiger partial charge in [-0.2, -0.15) is 0 Å². The van der Waals surface area contributed by atoms with Crippen LogP contribution in [0, 0.1) is 11.8 Å². The van der Waals surface area contributed by atoms with E-state index in [0.717, 1.165) is 11.5 Å². The van der Waals surface area contributed by atoms with Crippen molar-refractivity contribution in [2.45, 2.75) is 32.2 Å². The molecule has 1 heterocycles. The van der Waals surface area contributed by atoms with E-state index in [0.29, 0.717) is 16.8 Å². The van der Waals surface area contributed by atoms with E-state index in [1.807, 2.05) is 6.07 Å². The number of nitrogens with zero attached hydrogens (tertiary/aromatic N) is 1. The van der Waals surface area contributed by atoms with E-state index in [2.05, 4.69) is 17.3 Å². The first-order valence-electron chi connectivity index (χ1n) is 5.99. The monoisotopic (exact) mass is 254 g/mol. The van der Waals surface area contributed by atoms with Crippen LogP contribution in [-0.2, 0) is 0 Å². The Hall–Kier alpha value is -0.840. The maximum Gasteiger partial charge on any atom is 0.128 e. The van der Waals surface area contributed by atoms with Crippen LogP contribution in [0.25, 0.3) is 0 Å². The van der Waals surface area contributed by atoms with E-state index in [1.54, 1.807) is 6.20 Å². The van der Waals surface area contributed by atoms with E-state index < -0.39 is 0 Å². The SMILES string of the molecule is CC1CCC(C(NN)c2cc(Cl)cnc2N)C1. The van der Waals surface area contributed by atoms with Gasteiger partial charge in [0.2, 0.25) is 0 Å². The van der Waals surface area contributed by atoms with Gasteiger partial charge < -0.3 is 5.73 Å². The molecule has 0 amide bonds. The average molecular weight is 255 g/mol. The highest BCUT2D eigenvalue weighted by Crippen LogP contribution is 2.40. The molecule has 3 unspecified atom stereocenters. The predicted octanol–water partition coefficient (Wildman–Crippen LogP) is 2.26. The minimum absolute atomic E-state index is 0.0474. The summed E-state index contributed by atoms with van der Waals surface area (Å²) < 4.78 is 0. The predicted molar refractivity (Wildman–Crippen MR) is 70.2 cm³/mol. The van der Waals surface area contributed by atoms with Crippen LogP contribution in [-0.4, -0.2) is 4.98 Å². The van der Waals surface area contributed by atoms with Gasteiger partial charge in [-0.05, 0) is 30.7 Å². The highest BCUT2D eigenvalue weighted by Gasteiger charge is 2.30. The fourth-order valence-electron chi connectivity index (χ4n) is 2.75. The summed E-state index contributed by atoms with van der Waals surface area (Å²) in [5, 5.41) is 0.598. The van der Waals surface area contributed by atoms with Crippen LogP contribution in [0.15, 0.2) is 12.3 Å².